The Hall–Kier alpha value is -3.24. The average Bonchev–Trinajstić information content (AvgIpc) is 3.27. The SMILES string of the molecule is O=C1[C@@H]2[C@H](c3ccccc3)NC(c3ccccc3)[C@@H]2C(=O)N1c1ccccc1. The molecule has 4 heteroatoms. The van der Waals surface area contributed by atoms with Crippen molar-refractivity contribution in [2.75, 3.05) is 4.90 Å². The first kappa shape index (κ1) is 16.9. The molecule has 4 nitrogen and oxygen atoms in total. The van der Waals surface area contributed by atoms with Crippen LogP contribution in [-0.2, 0) is 9.59 Å². The molecular formula is C24H20N2O2. The van der Waals surface area contributed by atoms with Gasteiger partial charge < -0.3 is 5.32 Å². The van der Waals surface area contributed by atoms with Gasteiger partial charge in [0.25, 0.3) is 0 Å². The molecule has 0 aromatic heterocycles. The van der Waals surface area contributed by atoms with Gasteiger partial charge in [-0.1, -0.05) is 78.9 Å². The topological polar surface area (TPSA) is 49.4 Å². The summed E-state index contributed by atoms with van der Waals surface area (Å²) >= 11 is 0. The summed E-state index contributed by atoms with van der Waals surface area (Å²) in [6.07, 6.45) is 0. The maximum absolute atomic E-state index is 13.4. The van der Waals surface area contributed by atoms with Crippen LogP contribution in [0.1, 0.15) is 23.2 Å². The van der Waals surface area contributed by atoms with Gasteiger partial charge >= 0.3 is 0 Å². The summed E-state index contributed by atoms with van der Waals surface area (Å²) in [5, 5.41) is 3.59. The fourth-order valence-electron chi connectivity index (χ4n) is 4.57. The quantitative estimate of drug-likeness (QED) is 0.714. The Labute approximate surface area is 163 Å². The van der Waals surface area contributed by atoms with Gasteiger partial charge in [0.05, 0.1) is 17.5 Å². The zero-order valence-electron chi connectivity index (χ0n) is 15.2. The smallest absolute Gasteiger partial charge is 0.239 e. The highest BCUT2D eigenvalue weighted by molar-refractivity contribution is 6.22. The van der Waals surface area contributed by atoms with Crippen LogP contribution < -0.4 is 10.2 Å². The molecule has 5 rings (SSSR count). The highest BCUT2D eigenvalue weighted by Gasteiger charge is 2.59. The lowest BCUT2D eigenvalue weighted by atomic mass is 9.84. The molecule has 2 aliphatic heterocycles. The van der Waals surface area contributed by atoms with Crippen LogP contribution in [0.15, 0.2) is 91.0 Å². The highest BCUT2D eigenvalue weighted by atomic mass is 16.2. The number of carbonyl (C=O) groups is 2. The lowest BCUT2D eigenvalue weighted by Gasteiger charge is -2.23. The van der Waals surface area contributed by atoms with Crippen LogP contribution in [0.3, 0.4) is 0 Å². The number of benzene rings is 3. The van der Waals surface area contributed by atoms with E-state index in [9.17, 15) is 9.59 Å². The molecule has 2 heterocycles. The van der Waals surface area contributed by atoms with Gasteiger partial charge in [0, 0.05) is 12.1 Å². The van der Waals surface area contributed by atoms with E-state index in [2.05, 4.69) is 5.32 Å². The number of hydrogen-bond donors (Lipinski definition) is 1. The Balaban J connectivity index is 1.61. The molecule has 0 spiro atoms. The van der Waals surface area contributed by atoms with Crippen LogP contribution in [0.5, 0.6) is 0 Å². The minimum Gasteiger partial charge on any atom is -0.302 e. The van der Waals surface area contributed by atoms with E-state index in [-0.39, 0.29) is 23.9 Å². The lowest BCUT2D eigenvalue weighted by molar-refractivity contribution is -0.123. The number of imide groups is 1. The van der Waals surface area contributed by atoms with E-state index < -0.39 is 11.8 Å². The normalized spacial score (nSPS) is 26.5. The number of nitrogens with one attached hydrogen (secondary N) is 1. The third-order valence-corrected chi connectivity index (χ3v) is 5.81. The second-order valence-corrected chi connectivity index (χ2v) is 7.34. The van der Waals surface area contributed by atoms with E-state index in [1.165, 1.54) is 4.90 Å². The van der Waals surface area contributed by atoms with Crippen LogP contribution in [0, 0.1) is 11.8 Å². The number of anilines is 1. The standard InChI is InChI=1S/C24H20N2O2/c27-23-19-20(24(28)26(23)18-14-8-3-9-15-18)22(17-12-6-2-7-13-17)25-21(19)16-10-4-1-5-11-16/h1-15,19-22,25H/t19-,20+,21-,22?/m0/s1. The Bertz CT molecular complexity index is 941. The summed E-state index contributed by atoms with van der Waals surface area (Å²) < 4.78 is 0. The first-order valence-corrected chi connectivity index (χ1v) is 9.54. The molecule has 4 atom stereocenters. The zero-order chi connectivity index (χ0) is 19.1. The van der Waals surface area contributed by atoms with Crippen molar-refractivity contribution in [3.63, 3.8) is 0 Å². The minimum atomic E-state index is -0.416. The van der Waals surface area contributed by atoms with Gasteiger partial charge in [-0.3, -0.25) is 9.59 Å². The average molecular weight is 368 g/mol. The minimum absolute atomic E-state index is 0.124. The second kappa shape index (κ2) is 6.73. The summed E-state index contributed by atoms with van der Waals surface area (Å²) in [6, 6.07) is 28.7. The van der Waals surface area contributed by atoms with Gasteiger partial charge in [-0.15, -0.1) is 0 Å². The van der Waals surface area contributed by atoms with Crippen molar-refractivity contribution in [2.45, 2.75) is 12.1 Å². The molecule has 2 aliphatic rings. The number of carbonyl (C=O) groups excluding carboxylic acids is 2. The second-order valence-electron chi connectivity index (χ2n) is 7.34. The van der Waals surface area contributed by atoms with Gasteiger partial charge in [-0.2, -0.15) is 0 Å². The molecule has 138 valence electrons. The molecule has 1 unspecified atom stereocenters. The van der Waals surface area contributed by atoms with Crippen LogP contribution in [0.25, 0.3) is 0 Å². The zero-order valence-corrected chi connectivity index (χ0v) is 15.2. The van der Waals surface area contributed by atoms with Crippen LogP contribution >= 0.6 is 0 Å². The van der Waals surface area contributed by atoms with E-state index in [0.29, 0.717) is 5.69 Å². The third-order valence-electron chi connectivity index (χ3n) is 5.81. The molecule has 0 bridgehead atoms. The Kier molecular flexibility index (Phi) is 4.06. The Morgan fingerprint density at radius 3 is 1.39 bits per heavy atom. The van der Waals surface area contributed by atoms with Crippen molar-refractivity contribution in [2.24, 2.45) is 11.8 Å². The van der Waals surface area contributed by atoms with E-state index in [0.717, 1.165) is 11.1 Å². The van der Waals surface area contributed by atoms with Crippen molar-refractivity contribution < 1.29 is 9.59 Å². The molecule has 28 heavy (non-hydrogen) atoms. The van der Waals surface area contributed by atoms with E-state index >= 15 is 0 Å². The largest absolute Gasteiger partial charge is 0.302 e. The Morgan fingerprint density at radius 2 is 0.964 bits per heavy atom. The molecule has 0 aliphatic carbocycles. The first-order valence-electron chi connectivity index (χ1n) is 9.54. The summed E-state index contributed by atoms with van der Waals surface area (Å²) in [6.45, 7) is 0. The van der Waals surface area contributed by atoms with Crippen molar-refractivity contribution in [3.05, 3.63) is 102 Å². The predicted molar refractivity (Wildman–Crippen MR) is 107 cm³/mol. The van der Waals surface area contributed by atoms with Gasteiger partial charge in [0.1, 0.15) is 0 Å². The van der Waals surface area contributed by atoms with Gasteiger partial charge in [-0.25, -0.2) is 4.90 Å². The maximum atomic E-state index is 13.4. The van der Waals surface area contributed by atoms with E-state index in [1.54, 1.807) is 0 Å². The molecule has 0 radical (unpaired) electrons. The Morgan fingerprint density at radius 1 is 0.571 bits per heavy atom. The third kappa shape index (κ3) is 2.57. The number of nitrogens with zero attached hydrogens (tertiary/aromatic N) is 1. The van der Waals surface area contributed by atoms with Crippen molar-refractivity contribution in [1.82, 2.24) is 5.32 Å². The first-order chi connectivity index (χ1) is 13.8. The van der Waals surface area contributed by atoms with Gasteiger partial charge in [0.15, 0.2) is 0 Å². The van der Waals surface area contributed by atoms with Crippen molar-refractivity contribution in [3.8, 4) is 0 Å². The van der Waals surface area contributed by atoms with Gasteiger partial charge in [0.2, 0.25) is 11.8 Å². The molecule has 2 fully saturated rings. The summed E-state index contributed by atoms with van der Waals surface area (Å²) in [5.41, 5.74) is 2.71. The number of hydrogen-bond acceptors (Lipinski definition) is 3. The van der Waals surface area contributed by atoms with Crippen molar-refractivity contribution in [1.29, 1.82) is 0 Å². The summed E-state index contributed by atoms with van der Waals surface area (Å²) in [5.74, 6) is -1.08. The maximum Gasteiger partial charge on any atom is 0.239 e. The van der Waals surface area contributed by atoms with Crippen LogP contribution in [-0.4, -0.2) is 11.8 Å². The summed E-state index contributed by atoms with van der Waals surface area (Å²) in [4.78, 5) is 28.2. The number of rotatable bonds is 3. The molecule has 2 amide bonds. The number of fused-ring (bicyclic) bond motifs is 1. The van der Waals surface area contributed by atoms with Crippen LogP contribution in [0.2, 0.25) is 0 Å². The molecule has 0 saturated carbocycles. The lowest BCUT2D eigenvalue weighted by Crippen LogP contribution is -2.36. The fourth-order valence-corrected chi connectivity index (χ4v) is 4.57. The van der Waals surface area contributed by atoms with Crippen molar-refractivity contribution >= 4 is 17.5 Å². The van der Waals surface area contributed by atoms with Crippen LogP contribution in [0.4, 0.5) is 5.69 Å². The monoisotopic (exact) mass is 368 g/mol. The molecule has 3 aromatic rings. The molecule has 1 N–H and O–H groups in total. The number of amides is 2. The van der Waals surface area contributed by atoms with Gasteiger partial charge in [-0.05, 0) is 23.3 Å². The van der Waals surface area contributed by atoms with E-state index in [1.807, 2.05) is 91.0 Å². The number of para-hydroxylation sites is 1. The predicted octanol–water partition coefficient (Wildman–Crippen LogP) is 3.88. The molecular weight excluding hydrogens is 348 g/mol. The summed E-state index contributed by atoms with van der Waals surface area (Å²) in [7, 11) is 0. The van der Waals surface area contributed by atoms with E-state index in [4.69, 9.17) is 0 Å². The highest BCUT2D eigenvalue weighted by Crippen LogP contribution is 2.50. The fraction of sp³-hybridized carbons (Fsp3) is 0.167. The molecule has 2 saturated heterocycles. The molecule has 3 aromatic carbocycles.